The van der Waals surface area contributed by atoms with Gasteiger partial charge in [0.1, 0.15) is 17.1 Å². The minimum Gasteiger partial charge on any atom is -0.497 e. The van der Waals surface area contributed by atoms with Gasteiger partial charge in [0.2, 0.25) is 5.91 Å². The number of hydrogen-bond acceptors (Lipinski definition) is 5. The van der Waals surface area contributed by atoms with Crippen molar-refractivity contribution in [1.82, 2.24) is 0 Å². The van der Waals surface area contributed by atoms with E-state index in [9.17, 15) is 9.59 Å². The molecular formula is C21H21NO5. The van der Waals surface area contributed by atoms with Gasteiger partial charge in [0.05, 0.1) is 26.2 Å². The van der Waals surface area contributed by atoms with E-state index in [0.717, 1.165) is 16.5 Å². The summed E-state index contributed by atoms with van der Waals surface area (Å²) < 4.78 is 15.9. The predicted octanol–water partition coefficient (Wildman–Crippen LogP) is 3.61. The number of methoxy groups -OCH3 is 2. The van der Waals surface area contributed by atoms with Crippen molar-refractivity contribution < 1.29 is 18.7 Å². The van der Waals surface area contributed by atoms with Crippen LogP contribution in [-0.2, 0) is 11.2 Å². The normalized spacial score (nSPS) is 10.7. The van der Waals surface area contributed by atoms with Gasteiger partial charge >= 0.3 is 5.63 Å². The van der Waals surface area contributed by atoms with E-state index in [4.69, 9.17) is 13.9 Å². The van der Waals surface area contributed by atoms with Crippen LogP contribution in [0.4, 0.5) is 5.69 Å². The van der Waals surface area contributed by atoms with Gasteiger partial charge in [0.25, 0.3) is 0 Å². The third-order valence-corrected chi connectivity index (χ3v) is 4.56. The second-order valence-electron chi connectivity index (χ2n) is 6.22. The highest BCUT2D eigenvalue weighted by atomic mass is 16.5. The van der Waals surface area contributed by atoms with Crippen molar-refractivity contribution in [2.24, 2.45) is 0 Å². The molecule has 1 heterocycles. The summed E-state index contributed by atoms with van der Waals surface area (Å²) in [7, 11) is 3.12. The Morgan fingerprint density at radius 2 is 1.85 bits per heavy atom. The zero-order valence-corrected chi connectivity index (χ0v) is 15.7. The van der Waals surface area contributed by atoms with Gasteiger partial charge in [-0.05, 0) is 43.7 Å². The van der Waals surface area contributed by atoms with E-state index < -0.39 is 5.63 Å². The molecule has 0 radical (unpaired) electrons. The minimum absolute atomic E-state index is 0.0770. The van der Waals surface area contributed by atoms with E-state index in [-0.39, 0.29) is 12.3 Å². The van der Waals surface area contributed by atoms with E-state index in [2.05, 4.69) is 5.32 Å². The summed E-state index contributed by atoms with van der Waals surface area (Å²) in [5.41, 5.74) is 2.39. The van der Waals surface area contributed by atoms with Crippen LogP contribution in [0.15, 0.2) is 45.6 Å². The Labute approximate surface area is 156 Å². The Morgan fingerprint density at radius 1 is 1.07 bits per heavy atom. The highest BCUT2D eigenvalue weighted by Gasteiger charge is 2.17. The number of rotatable bonds is 5. The van der Waals surface area contributed by atoms with Crippen LogP contribution in [0, 0.1) is 13.8 Å². The average molecular weight is 367 g/mol. The van der Waals surface area contributed by atoms with E-state index >= 15 is 0 Å². The third kappa shape index (κ3) is 3.65. The Bertz CT molecular complexity index is 1070. The van der Waals surface area contributed by atoms with Crippen LogP contribution < -0.4 is 20.4 Å². The molecule has 6 nitrogen and oxygen atoms in total. The number of aryl methyl sites for hydroxylation is 2. The molecule has 27 heavy (non-hydrogen) atoms. The smallest absolute Gasteiger partial charge is 0.340 e. The fourth-order valence-corrected chi connectivity index (χ4v) is 3.06. The van der Waals surface area contributed by atoms with E-state index in [1.165, 1.54) is 0 Å². The molecule has 0 spiro atoms. The first-order valence-electron chi connectivity index (χ1n) is 8.48. The molecule has 0 aliphatic carbocycles. The van der Waals surface area contributed by atoms with Gasteiger partial charge < -0.3 is 19.2 Å². The molecule has 3 rings (SSSR count). The number of amides is 1. The lowest BCUT2D eigenvalue weighted by molar-refractivity contribution is -0.115. The molecule has 140 valence electrons. The maximum absolute atomic E-state index is 12.5. The summed E-state index contributed by atoms with van der Waals surface area (Å²) in [6.45, 7) is 3.65. The van der Waals surface area contributed by atoms with Crippen molar-refractivity contribution in [2.45, 2.75) is 20.3 Å². The van der Waals surface area contributed by atoms with E-state index in [1.54, 1.807) is 38.5 Å². The van der Waals surface area contributed by atoms with Gasteiger partial charge in [0.15, 0.2) is 0 Å². The van der Waals surface area contributed by atoms with Gasteiger partial charge in [-0.15, -0.1) is 0 Å². The number of carbonyl (C=O) groups excluding carboxylic acids is 1. The maximum Gasteiger partial charge on any atom is 0.340 e. The van der Waals surface area contributed by atoms with Crippen LogP contribution in [0.3, 0.4) is 0 Å². The quantitative estimate of drug-likeness (QED) is 0.697. The SMILES string of the molecule is COc1cccc(NC(=O)Cc2c(C)c3ccc(OC)c(C)c3oc2=O)c1. The number of hydrogen-bond donors (Lipinski definition) is 1. The van der Waals surface area contributed by atoms with Crippen molar-refractivity contribution in [3.05, 3.63) is 63.5 Å². The standard InChI is InChI=1S/C21H21NO5/c1-12-16-8-9-18(26-4)13(2)20(16)27-21(24)17(12)11-19(23)22-14-6-5-7-15(10-14)25-3/h5-10H,11H2,1-4H3,(H,22,23). The number of ether oxygens (including phenoxy) is 2. The number of anilines is 1. The van der Waals surface area contributed by atoms with Crippen LogP contribution in [0.2, 0.25) is 0 Å². The van der Waals surface area contributed by atoms with Crippen LogP contribution >= 0.6 is 0 Å². The number of carbonyl (C=O) groups is 1. The lowest BCUT2D eigenvalue weighted by atomic mass is 10.0. The topological polar surface area (TPSA) is 77.8 Å². The first-order chi connectivity index (χ1) is 12.9. The highest BCUT2D eigenvalue weighted by molar-refractivity contribution is 5.94. The summed E-state index contributed by atoms with van der Waals surface area (Å²) >= 11 is 0. The molecule has 6 heteroatoms. The summed E-state index contributed by atoms with van der Waals surface area (Å²) in [5.74, 6) is 0.982. The summed E-state index contributed by atoms with van der Waals surface area (Å²) in [6, 6.07) is 10.7. The molecule has 0 bridgehead atoms. The molecule has 0 fully saturated rings. The van der Waals surface area contributed by atoms with Crippen molar-refractivity contribution in [2.75, 3.05) is 19.5 Å². The Hall–Kier alpha value is -3.28. The first kappa shape index (κ1) is 18.5. The summed E-state index contributed by atoms with van der Waals surface area (Å²) in [5, 5.41) is 3.57. The van der Waals surface area contributed by atoms with Gasteiger partial charge in [0, 0.05) is 22.7 Å². The molecule has 1 aromatic heterocycles. The zero-order valence-electron chi connectivity index (χ0n) is 15.7. The molecule has 1 amide bonds. The fraction of sp³-hybridized carbons (Fsp3) is 0.238. The largest absolute Gasteiger partial charge is 0.497 e. The number of fused-ring (bicyclic) bond motifs is 1. The molecule has 0 saturated carbocycles. The molecule has 0 atom stereocenters. The van der Waals surface area contributed by atoms with Gasteiger partial charge in [-0.1, -0.05) is 6.07 Å². The Balaban J connectivity index is 1.92. The van der Waals surface area contributed by atoms with E-state index in [0.29, 0.717) is 28.3 Å². The molecule has 0 aliphatic rings. The Kier molecular flexibility index (Phi) is 5.16. The van der Waals surface area contributed by atoms with Gasteiger partial charge in [-0.25, -0.2) is 4.79 Å². The van der Waals surface area contributed by atoms with Gasteiger partial charge in [-0.2, -0.15) is 0 Å². The second-order valence-corrected chi connectivity index (χ2v) is 6.22. The molecule has 0 saturated heterocycles. The summed E-state index contributed by atoms with van der Waals surface area (Å²) in [4.78, 5) is 24.9. The summed E-state index contributed by atoms with van der Waals surface area (Å²) in [6.07, 6.45) is -0.0770. The second kappa shape index (κ2) is 7.53. The molecule has 0 aliphatic heterocycles. The fourth-order valence-electron chi connectivity index (χ4n) is 3.06. The van der Waals surface area contributed by atoms with Crippen molar-refractivity contribution in [3.63, 3.8) is 0 Å². The van der Waals surface area contributed by atoms with Gasteiger partial charge in [-0.3, -0.25) is 4.79 Å². The third-order valence-electron chi connectivity index (χ3n) is 4.56. The maximum atomic E-state index is 12.5. The molecular weight excluding hydrogens is 346 g/mol. The monoisotopic (exact) mass is 367 g/mol. The van der Waals surface area contributed by atoms with Crippen LogP contribution in [0.1, 0.15) is 16.7 Å². The predicted molar refractivity (Wildman–Crippen MR) is 104 cm³/mol. The van der Waals surface area contributed by atoms with Crippen LogP contribution in [0.25, 0.3) is 11.0 Å². The van der Waals surface area contributed by atoms with Crippen LogP contribution in [-0.4, -0.2) is 20.1 Å². The highest BCUT2D eigenvalue weighted by Crippen LogP contribution is 2.29. The lowest BCUT2D eigenvalue weighted by Gasteiger charge is -2.12. The lowest BCUT2D eigenvalue weighted by Crippen LogP contribution is -2.20. The van der Waals surface area contributed by atoms with Crippen molar-refractivity contribution in [1.29, 1.82) is 0 Å². The Morgan fingerprint density at radius 3 is 2.56 bits per heavy atom. The minimum atomic E-state index is -0.517. The van der Waals surface area contributed by atoms with E-state index in [1.807, 2.05) is 26.0 Å². The van der Waals surface area contributed by atoms with Crippen LogP contribution in [0.5, 0.6) is 11.5 Å². The average Bonchev–Trinajstić information content (AvgIpc) is 2.66. The number of benzene rings is 2. The molecule has 1 N–H and O–H groups in total. The number of nitrogens with one attached hydrogen (secondary N) is 1. The molecule has 3 aromatic rings. The van der Waals surface area contributed by atoms with Crippen molar-refractivity contribution >= 4 is 22.6 Å². The van der Waals surface area contributed by atoms with Crippen molar-refractivity contribution in [3.8, 4) is 11.5 Å². The zero-order chi connectivity index (χ0) is 19.6. The first-order valence-corrected chi connectivity index (χ1v) is 8.48. The molecule has 0 unspecified atom stereocenters. The molecule has 2 aromatic carbocycles.